The highest BCUT2D eigenvalue weighted by atomic mass is 19.1. The lowest BCUT2D eigenvalue weighted by Gasteiger charge is -2.24. The largest absolute Gasteiger partial charge is 0.505 e. The maximum absolute atomic E-state index is 13.0. The van der Waals surface area contributed by atoms with Crippen molar-refractivity contribution < 1.29 is 19.1 Å². The number of nitrogens with one attached hydrogen (secondary N) is 1. The van der Waals surface area contributed by atoms with Gasteiger partial charge in [0.2, 0.25) is 0 Å². The van der Waals surface area contributed by atoms with Crippen LogP contribution in [-0.2, 0) is 9.59 Å². The molecule has 1 aromatic carbocycles. The average molecular weight is 314 g/mol. The number of aryl methyl sites for hydroxylation is 1. The Balaban J connectivity index is 2.08. The lowest BCUT2D eigenvalue weighted by Crippen LogP contribution is -2.38. The predicted molar refractivity (Wildman–Crippen MR) is 83.8 cm³/mol. The molecule has 1 heterocycles. The van der Waals surface area contributed by atoms with Crippen molar-refractivity contribution in [1.29, 1.82) is 0 Å². The highest BCUT2D eigenvalue weighted by Crippen LogP contribution is 2.19. The van der Waals surface area contributed by atoms with E-state index in [2.05, 4.69) is 5.43 Å². The fraction of sp³-hybridized carbons (Fsp3) is 0.118. The molecule has 2 N–H and O–H groups in total. The van der Waals surface area contributed by atoms with Gasteiger partial charge >= 0.3 is 0 Å². The van der Waals surface area contributed by atoms with Gasteiger partial charge in [-0.05, 0) is 49.3 Å². The van der Waals surface area contributed by atoms with Gasteiger partial charge in [-0.3, -0.25) is 15.2 Å². The van der Waals surface area contributed by atoms with Crippen molar-refractivity contribution in [3.05, 3.63) is 70.5 Å². The summed E-state index contributed by atoms with van der Waals surface area (Å²) in [5, 5.41) is 11.1. The van der Waals surface area contributed by atoms with Crippen LogP contribution in [0.1, 0.15) is 18.1 Å². The molecule has 6 heteroatoms. The fourth-order valence-corrected chi connectivity index (χ4v) is 2.00. The van der Waals surface area contributed by atoms with Gasteiger partial charge in [-0.2, -0.15) is 0 Å². The normalized spacial score (nSPS) is 14.4. The summed E-state index contributed by atoms with van der Waals surface area (Å²) < 4.78 is 13.0. The Kier molecular flexibility index (Phi) is 4.79. The van der Waals surface area contributed by atoms with Gasteiger partial charge < -0.3 is 5.11 Å². The molecule has 118 valence electrons. The van der Waals surface area contributed by atoms with Gasteiger partial charge in [0.1, 0.15) is 17.3 Å². The molecule has 0 fully saturated rings. The maximum atomic E-state index is 13.0. The van der Waals surface area contributed by atoms with E-state index in [1.54, 1.807) is 31.9 Å². The lowest BCUT2D eigenvalue weighted by atomic mass is 10.1. The van der Waals surface area contributed by atoms with E-state index >= 15 is 0 Å². The van der Waals surface area contributed by atoms with Gasteiger partial charge in [-0.15, -0.1) is 0 Å². The van der Waals surface area contributed by atoms with Crippen LogP contribution >= 0.6 is 0 Å². The molecule has 1 aliphatic heterocycles. The van der Waals surface area contributed by atoms with Crippen LogP contribution in [0.4, 0.5) is 4.39 Å². The molecule has 23 heavy (non-hydrogen) atoms. The van der Waals surface area contributed by atoms with Gasteiger partial charge in [0.15, 0.2) is 5.76 Å². The number of carbonyl (C=O) groups is 1. The number of hydrogen-bond donors (Lipinski definition) is 2. The number of amides is 1. The van der Waals surface area contributed by atoms with Crippen molar-refractivity contribution in [2.45, 2.75) is 13.8 Å². The van der Waals surface area contributed by atoms with Crippen molar-refractivity contribution in [3.63, 3.8) is 0 Å². The number of hydrogen-bond acceptors (Lipinski definition) is 4. The lowest BCUT2D eigenvalue weighted by molar-refractivity contribution is -0.119. The first-order chi connectivity index (χ1) is 10.9. The molecule has 1 aromatic rings. The molecule has 1 amide bonds. The zero-order valence-corrected chi connectivity index (χ0v) is 12.6. The zero-order valence-electron chi connectivity index (χ0n) is 12.6. The summed E-state index contributed by atoms with van der Waals surface area (Å²) in [5.41, 5.74) is 4.28. The Labute approximate surface area is 132 Å². The standard InChI is InChI=1S/C17H15FN2O3/c1-11-9-15(18)5-3-13(11)4-6-16(22)19-20-8-7-14(10-21)17(23)12(20)2/h3-9,23H,1-2H3,(H,19,22)/b6-4+. The van der Waals surface area contributed by atoms with Crippen LogP contribution in [-0.4, -0.2) is 22.0 Å². The van der Waals surface area contributed by atoms with E-state index in [4.69, 9.17) is 0 Å². The fourth-order valence-electron chi connectivity index (χ4n) is 2.00. The molecule has 1 aliphatic rings. The number of hydrazine groups is 1. The Morgan fingerprint density at radius 3 is 2.78 bits per heavy atom. The minimum Gasteiger partial charge on any atom is -0.505 e. The molecule has 0 bridgehead atoms. The molecule has 2 rings (SSSR count). The summed E-state index contributed by atoms with van der Waals surface area (Å²) in [6, 6.07) is 4.27. The quantitative estimate of drug-likeness (QED) is 0.664. The molecular weight excluding hydrogens is 299 g/mol. The molecule has 0 spiro atoms. The van der Waals surface area contributed by atoms with E-state index < -0.39 is 5.91 Å². The first-order valence-electron chi connectivity index (χ1n) is 6.80. The average Bonchev–Trinajstić information content (AvgIpc) is 2.51. The smallest absolute Gasteiger partial charge is 0.262 e. The maximum Gasteiger partial charge on any atom is 0.262 e. The van der Waals surface area contributed by atoms with Gasteiger partial charge in [0.25, 0.3) is 5.91 Å². The van der Waals surface area contributed by atoms with Crippen LogP contribution in [0.2, 0.25) is 0 Å². The number of aliphatic hydroxyl groups excluding tert-OH is 1. The third-order valence-electron chi connectivity index (χ3n) is 3.34. The van der Waals surface area contributed by atoms with Gasteiger partial charge in [-0.25, -0.2) is 9.18 Å². The molecule has 0 radical (unpaired) electrons. The molecule has 0 saturated carbocycles. The van der Waals surface area contributed by atoms with E-state index in [1.807, 2.05) is 0 Å². The van der Waals surface area contributed by atoms with E-state index in [0.717, 1.165) is 5.56 Å². The van der Waals surface area contributed by atoms with Crippen LogP contribution in [0.15, 0.2) is 53.6 Å². The molecule has 0 unspecified atom stereocenters. The Bertz CT molecular complexity index is 787. The van der Waals surface area contributed by atoms with Crippen LogP contribution < -0.4 is 5.43 Å². The molecule has 0 saturated heterocycles. The minimum atomic E-state index is -0.441. The Morgan fingerprint density at radius 1 is 1.39 bits per heavy atom. The van der Waals surface area contributed by atoms with E-state index in [0.29, 0.717) is 11.3 Å². The molecule has 0 atom stereocenters. The molecule has 0 aliphatic carbocycles. The second kappa shape index (κ2) is 6.77. The summed E-state index contributed by atoms with van der Waals surface area (Å²) >= 11 is 0. The van der Waals surface area contributed by atoms with Crippen molar-refractivity contribution in [3.8, 4) is 0 Å². The van der Waals surface area contributed by atoms with E-state index in [9.17, 15) is 19.1 Å². The van der Waals surface area contributed by atoms with Crippen LogP contribution in [0.5, 0.6) is 0 Å². The van der Waals surface area contributed by atoms with Crippen molar-refractivity contribution >= 4 is 17.9 Å². The first kappa shape index (κ1) is 16.3. The van der Waals surface area contributed by atoms with Crippen molar-refractivity contribution in [1.82, 2.24) is 10.4 Å². The number of carbonyl (C=O) groups excluding carboxylic acids is 2. The number of nitrogens with zero attached hydrogens (tertiary/aromatic N) is 1. The topological polar surface area (TPSA) is 69.6 Å². The summed E-state index contributed by atoms with van der Waals surface area (Å²) in [5.74, 6) is 0.578. The number of halogens is 1. The van der Waals surface area contributed by atoms with Crippen molar-refractivity contribution in [2.24, 2.45) is 0 Å². The predicted octanol–water partition coefficient (Wildman–Crippen LogP) is 2.56. The second-order valence-corrected chi connectivity index (χ2v) is 4.95. The summed E-state index contributed by atoms with van der Waals surface area (Å²) in [6.45, 7) is 3.29. The van der Waals surface area contributed by atoms with E-state index in [-0.39, 0.29) is 17.1 Å². The summed E-state index contributed by atoms with van der Waals surface area (Å²) in [7, 11) is 0. The highest BCUT2D eigenvalue weighted by molar-refractivity contribution is 5.91. The van der Waals surface area contributed by atoms with Crippen LogP contribution in [0, 0.1) is 12.7 Å². The third-order valence-corrected chi connectivity index (χ3v) is 3.34. The number of benzene rings is 1. The molecular formula is C17H15FN2O3. The zero-order chi connectivity index (χ0) is 17.0. The van der Waals surface area contributed by atoms with Crippen LogP contribution in [0.3, 0.4) is 0 Å². The SMILES string of the molecule is CC1=C(O)C(=C=O)C=CN1NC(=O)/C=C/c1ccc(F)cc1C. The minimum absolute atomic E-state index is 0.0190. The third kappa shape index (κ3) is 3.75. The molecule has 5 nitrogen and oxygen atoms in total. The molecule has 0 aromatic heterocycles. The Morgan fingerprint density at radius 2 is 2.13 bits per heavy atom. The number of aliphatic hydroxyl groups is 1. The van der Waals surface area contributed by atoms with Gasteiger partial charge in [0.05, 0.1) is 5.70 Å². The van der Waals surface area contributed by atoms with Crippen LogP contribution in [0.25, 0.3) is 6.08 Å². The van der Waals surface area contributed by atoms with Gasteiger partial charge in [-0.1, -0.05) is 6.07 Å². The Hall–Kier alpha value is -3.11. The van der Waals surface area contributed by atoms with E-state index in [1.165, 1.54) is 35.5 Å². The van der Waals surface area contributed by atoms with Gasteiger partial charge in [0, 0.05) is 12.3 Å². The van der Waals surface area contributed by atoms with Crippen molar-refractivity contribution in [2.75, 3.05) is 0 Å². The first-order valence-corrected chi connectivity index (χ1v) is 6.80. The number of rotatable bonds is 3. The number of allylic oxidation sites excluding steroid dienone is 2. The highest BCUT2D eigenvalue weighted by Gasteiger charge is 2.17. The summed E-state index contributed by atoms with van der Waals surface area (Å²) in [4.78, 5) is 22.5. The summed E-state index contributed by atoms with van der Waals surface area (Å²) in [6.07, 6.45) is 5.63. The monoisotopic (exact) mass is 314 g/mol. The second-order valence-electron chi connectivity index (χ2n) is 4.95.